The van der Waals surface area contributed by atoms with E-state index in [4.69, 9.17) is 32.7 Å². The molecule has 6 nitrogen and oxygen atoms in total. The molecule has 1 aromatic rings. The van der Waals surface area contributed by atoms with E-state index in [1.54, 1.807) is 6.92 Å². The Hall–Kier alpha value is -0.920. The number of nitrogens with zero attached hydrogens (tertiary/aromatic N) is 2. The van der Waals surface area contributed by atoms with Crippen LogP contribution in [-0.2, 0) is 9.53 Å². The Labute approximate surface area is 159 Å². The third-order valence-corrected chi connectivity index (χ3v) is 3.26. The van der Waals surface area contributed by atoms with Gasteiger partial charge < -0.3 is 14.6 Å². The van der Waals surface area contributed by atoms with Gasteiger partial charge in [-0.25, -0.2) is 0 Å². The number of amides is 1. The Bertz CT molecular complexity index is 626. The standard InChI is InChI=1S/C13H12Cl2N2O4.Na/c1-3-21-12-8(6-18)13(19)17(16-12)11-9(14)4-7(20-2)5-10(11)15;/h4-6,18H,3H2,1-2H3;/q;+1/p-1/b8-6+;. The minimum atomic E-state index is -0.651. The second kappa shape index (κ2) is 8.08. The number of benzene rings is 1. The third kappa shape index (κ3) is 3.52. The molecule has 0 aromatic heterocycles. The summed E-state index contributed by atoms with van der Waals surface area (Å²) in [5.41, 5.74) is -0.0158. The van der Waals surface area contributed by atoms with Gasteiger partial charge in [-0.1, -0.05) is 23.2 Å². The van der Waals surface area contributed by atoms with Crippen molar-refractivity contribution in [3.8, 4) is 5.75 Å². The third-order valence-electron chi connectivity index (χ3n) is 2.68. The van der Waals surface area contributed by atoms with Gasteiger partial charge in [-0.05, 0) is 6.92 Å². The van der Waals surface area contributed by atoms with Gasteiger partial charge in [0.25, 0.3) is 5.91 Å². The molecule has 1 aliphatic rings. The Kier molecular flexibility index (Phi) is 7.02. The topological polar surface area (TPSA) is 74.2 Å². The number of carbonyl (C=O) groups excluding carboxylic acids is 1. The summed E-state index contributed by atoms with van der Waals surface area (Å²) in [6, 6.07) is 2.98. The smallest absolute Gasteiger partial charge is 0.877 e. The van der Waals surface area contributed by atoms with E-state index in [-0.39, 0.29) is 63.4 Å². The van der Waals surface area contributed by atoms with Gasteiger partial charge in [-0.3, -0.25) is 4.79 Å². The summed E-state index contributed by atoms with van der Waals surface area (Å²) >= 11 is 12.2. The average molecular weight is 353 g/mol. The van der Waals surface area contributed by atoms with Gasteiger partial charge in [-0.2, -0.15) is 5.01 Å². The van der Waals surface area contributed by atoms with E-state index in [0.29, 0.717) is 12.0 Å². The number of hydrogen-bond donors (Lipinski definition) is 0. The fourth-order valence-electron chi connectivity index (χ4n) is 1.75. The maximum atomic E-state index is 12.2. The first-order valence-corrected chi connectivity index (χ1v) is 6.70. The van der Waals surface area contributed by atoms with Crippen LogP contribution in [0.15, 0.2) is 29.1 Å². The van der Waals surface area contributed by atoms with Crippen LogP contribution in [0.5, 0.6) is 5.75 Å². The molecule has 9 heteroatoms. The summed E-state index contributed by atoms with van der Waals surface area (Å²) in [7, 11) is 1.46. The van der Waals surface area contributed by atoms with Crippen LogP contribution >= 0.6 is 23.2 Å². The van der Waals surface area contributed by atoms with Crippen molar-refractivity contribution < 1.29 is 48.9 Å². The number of rotatable bonds is 3. The number of halogens is 2. The first-order valence-electron chi connectivity index (χ1n) is 5.94. The van der Waals surface area contributed by atoms with E-state index >= 15 is 0 Å². The van der Waals surface area contributed by atoms with Crippen LogP contribution in [-0.4, -0.2) is 25.5 Å². The predicted molar refractivity (Wildman–Crippen MR) is 77.6 cm³/mol. The molecule has 22 heavy (non-hydrogen) atoms. The van der Waals surface area contributed by atoms with Gasteiger partial charge in [0.1, 0.15) is 11.4 Å². The molecule has 0 atom stereocenters. The summed E-state index contributed by atoms with van der Waals surface area (Å²) in [6.45, 7) is 1.98. The van der Waals surface area contributed by atoms with Crippen molar-refractivity contribution in [2.45, 2.75) is 6.92 Å². The molecule has 0 fully saturated rings. The molecule has 0 radical (unpaired) electrons. The number of methoxy groups -OCH3 is 1. The quantitative estimate of drug-likeness (QED) is 0.395. The predicted octanol–water partition coefficient (Wildman–Crippen LogP) is -1.05. The molecular weight excluding hydrogens is 342 g/mol. The average Bonchev–Trinajstić information content (AvgIpc) is 2.74. The van der Waals surface area contributed by atoms with Crippen LogP contribution in [0.4, 0.5) is 5.69 Å². The molecular formula is C13H11Cl2N2NaO4. The van der Waals surface area contributed by atoms with E-state index in [0.717, 1.165) is 5.01 Å². The maximum absolute atomic E-state index is 12.2. The van der Waals surface area contributed by atoms with Crippen molar-refractivity contribution in [3.05, 3.63) is 34.0 Å². The molecule has 2 rings (SSSR count). The minimum absolute atomic E-state index is 0. The molecule has 1 aliphatic heterocycles. The van der Waals surface area contributed by atoms with Crippen LogP contribution in [0.2, 0.25) is 10.0 Å². The van der Waals surface area contributed by atoms with Crippen LogP contribution in [0.25, 0.3) is 0 Å². The van der Waals surface area contributed by atoms with E-state index in [1.165, 1.54) is 19.2 Å². The van der Waals surface area contributed by atoms with Crippen LogP contribution in [0, 0.1) is 0 Å². The number of hydrazone groups is 1. The fourth-order valence-corrected chi connectivity index (χ4v) is 2.38. The Morgan fingerprint density at radius 3 is 2.41 bits per heavy atom. The number of ether oxygens (including phenoxy) is 2. The van der Waals surface area contributed by atoms with Crippen molar-refractivity contribution in [2.75, 3.05) is 18.7 Å². The Morgan fingerprint density at radius 1 is 1.36 bits per heavy atom. The molecule has 1 heterocycles. The molecule has 0 bridgehead atoms. The van der Waals surface area contributed by atoms with Gasteiger partial charge >= 0.3 is 29.6 Å². The van der Waals surface area contributed by atoms with Crippen molar-refractivity contribution in [1.82, 2.24) is 0 Å². The molecule has 0 unspecified atom stereocenters. The molecule has 0 N–H and O–H groups in total. The maximum Gasteiger partial charge on any atom is 1.00 e. The molecule has 0 aliphatic carbocycles. The van der Waals surface area contributed by atoms with Crippen molar-refractivity contribution in [1.29, 1.82) is 0 Å². The fraction of sp³-hybridized carbons (Fsp3) is 0.231. The zero-order chi connectivity index (χ0) is 15.6. The first kappa shape index (κ1) is 19.1. The number of anilines is 1. The SMILES string of the molecule is CCOC1=NN(c2c(Cl)cc(OC)cc2Cl)C(=O)/C1=C/[O-].[Na+]. The van der Waals surface area contributed by atoms with E-state index in [9.17, 15) is 9.90 Å². The van der Waals surface area contributed by atoms with E-state index < -0.39 is 5.91 Å². The first-order chi connectivity index (χ1) is 10.0. The Balaban J connectivity index is 0.00000242. The van der Waals surface area contributed by atoms with Gasteiger partial charge in [0.15, 0.2) is 0 Å². The second-order valence-corrected chi connectivity index (χ2v) is 4.74. The van der Waals surface area contributed by atoms with Gasteiger partial charge in [0.2, 0.25) is 5.90 Å². The largest absolute Gasteiger partial charge is 1.00 e. The van der Waals surface area contributed by atoms with Crippen molar-refractivity contribution >= 4 is 40.7 Å². The summed E-state index contributed by atoms with van der Waals surface area (Å²) in [5, 5.41) is 16.3. The minimum Gasteiger partial charge on any atom is -0.877 e. The number of carbonyl (C=O) groups is 1. The van der Waals surface area contributed by atoms with Gasteiger partial charge in [0, 0.05) is 12.1 Å². The van der Waals surface area contributed by atoms with Gasteiger partial charge in [0.05, 0.1) is 29.3 Å². The molecule has 0 saturated carbocycles. The zero-order valence-electron chi connectivity index (χ0n) is 12.2. The van der Waals surface area contributed by atoms with Crippen LogP contribution in [0.3, 0.4) is 0 Å². The van der Waals surface area contributed by atoms with Crippen LogP contribution < -0.4 is 44.4 Å². The monoisotopic (exact) mass is 352 g/mol. The van der Waals surface area contributed by atoms with Crippen molar-refractivity contribution in [2.24, 2.45) is 5.10 Å². The van der Waals surface area contributed by atoms with Crippen LogP contribution in [0.1, 0.15) is 6.92 Å². The number of hydrogen-bond acceptors (Lipinski definition) is 5. The summed E-state index contributed by atoms with van der Waals surface area (Å²) in [6.07, 6.45) is 0.391. The molecule has 112 valence electrons. The van der Waals surface area contributed by atoms with E-state index in [2.05, 4.69) is 5.10 Å². The normalized spacial score (nSPS) is 15.6. The summed E-state index contributed by atoms with van der Waals surface area (Å²) in [5.74, 6) is -0.267. The zero-order valence-corrected chi connectivity index (χ0v) is 15.7. The molecule has 0 spiro atoms. The second-order valence-electron chi connectivity index (χ2n) is 3.93. The molecule has 1 aromatic carbocycles. The van der Waals surface area contributed by atoms with Crippen molar-refractivity contribution in [3.63, 3.8) is 0 Å². The summed E-state index contributed by atoms with van der Waals surface area (Å²) in [4.78, 5) is 12.2. The summed E-state index contributed by atoms with van der Waals surface area (Å²) < 4.78 is 10.2. The van der Waals surface area contributed by atoms with E-state index in [1.807, 2.05) is 0 Å². The van der Waals surface area contributed by atoms with Gasteiger partial charge in [-0.15, -0.1) is 11.4 Å². The Morgan fingerprint density at radius 2 is 1.95 bits per heavy atom. The molecule has 1 amide bonds. The molecule has 0 saturated heterocycles.